The van der Waals surface area contributed by atoms with E-state index in [0.717, 1.165) is 5.56 Å². The van der Waals surface area contributed by atoms with Crippen molar-refractivity contribution in [3.8, 4) is 0 Å². The van der Waals surface area contributed by atoms with Gasteiger partial charge in [0.05, 0.1) is 26.4 Å². The van der Waals surface area contributed by atoms with Crippen LogP contribution >= 0.6 is 0 Å². The third-order valence-electron chi connectivity index (χ3n) is 2.13. The van der Waals surface area contributed by atoms with Crippen LogP contribution in [0.5, 0.6) is 0 Å². The molecule has 0 aliphatic rings. The Hall–Kier alpha value is -1.55. The molecule has 0 spiro atoms. The summed E-state index contributed by atoms with van der Waals surface area (Å²) in [6.07, 6.45) is -1.91. The summed E-state index contributed by atoms with van der Waals surface area (Å²) < 4.78 is 4.79. The lowest BCUT2D eigenvalue weighted by Gasteiger charge is -1.99. The van der Waals surface area contributed by atoms with Gasteiger partial charge in [0, 0.05) is 6.92 Å². The third-order valence-corrected chi connectivity index (χ3v) is 2.13. The van der Waals surface area contributed by atoms with E-state index in [-0.39, 0.29) is 32.4 Å². The van der Waals surface area contributed by atoms with Gasteiger partial charge in [-0.15, -0.1) is 0 Å². The molecule has 0 atom stereocenters. The van der Waals surface area contributed by atoms with Crippen LogP contribution < -0.4 is 0 Å². The SMILES string of the molecule is CC(=O)OCc1ccccc1.OCC(O)CO.OCC(O)CO. The summed E-state index contributed by atoms with van der Waals surface area (Å²) in [5.74, 6) is -0.242. The molecule has 1 aromatic carbocycles. The molecule has 23 heavy (non-hydrogen) atoms. The minimum Gasteiger partial charge on any atom is -0.461 e. The maximum atomic E-state index is 10.4. The second kappa shape index (κ2) is 16.8. The van der Waals surface area contributed by atoms with Gasteiger partial charge in [-0.3, -0.25) is 4.79 Å². The second-order valence-electron chi connectivity index (χ2n) is 4.30. The molecule has 0 saturated carbocycles. The van der Waals surface area contributed by atoms with Crippen LogP contribution in [0.1, 0.15) is 12.5 Å². The number of hydrogen-bond acceptors (Lipinski definition) is 8. The Bertz CT molecular complexity index is 353. The van der Waals surface area contributed by atoms with Crippen molar-refractivity contribution in [2.75, 3.05) is 26.4 Å². The lowest BCUT2D eigenvalue weighted by molar-refractivity contribution is -0.142. The van der Waals surface area contributed by atoms with Crippen molar-refractivity contribution in [3.05, 3.63) is 35.9 Å². The number of hydrogen-bond donors (Lipinski definition) is 6. The van der Waals surface area contributed by atoms with Gasteiger partial charge in [-0.1, -0.05) is 30.3 Å². The van der Waals surface area contributed by atoms with Gasteiger partial charge in [0.15, 0.2) is 0 Å². The maximum Gasteiger partial charge on any atom is 0.302 e. The lowest BCUT2D eigenvalue weighted by atomic mass is 10.2. The predicted octanol–water partition coefficient (Wildman–Crippen LogP) is -1.59. The minimum absolute atomic E-state index is 0.242. The van der Waals surface area contributed by atoms with Gasteiger partial charge in [0.25, 0.3) is 0 Å². The quantitative estimate of drug-likeness (QED) is 0.341. The number of rotatable bonds is 6. The molecule has 134 valence electrons. The highest BCUT2D eigenvalue weighted by atomic mass is 16.5. The molecular weight excluding hydrogens is 308 g/mol. The van der Waals surface area contributed by atoms with Crippen LogP contribution in [0, 0.1) is 0 Å². The Kier molecular flexibility index (Phi) is 17.3. The predicted molar refractivity (Wildman–Crippen MR) is 82.3 cm³/mol. The molecule has 1 rings (SSSR count). The molecule has 0 aromatic heterocycles. The molecule has 0 amide bonds. The molecule has 0 saturated heterocycles. The van der Waals surface area contributed by atoms with Gasteiger partial charge >= 0.3 is 5.97 Å². The maximum absolute atomic E-state index is 10.4. The van der Waals surface area contributed by atoms with Crippen molar-refractivity contribution in [1.82, 2.24) is 0 Å². The van der Waals surface area contributed by atoms with Gasteiger partial charge < -0.3 is 35.4 Å². The molecular formula is C15H26O8. The Morgan fingerprint density at radius 1 is 0.913 bits per heavy atom. The van der Waals surface area contributed by atoms with Crippen LogP contribution in [-0.2, 0) is 16.1 Å². The highest BCUT2D eigenvalue weighted by Crippen LogP contribution is 1.99. The highest BCUT2D eigenvalue weighted by Gasteiger charge is 1.94. The Labute approximate surface area is 135 Å². The van der Waals surface area contributed by atoms with Gasteiger partial charge in [-0.05, 0) is 5.56 Å². The molecule has 6 N–H and O–H groups in total. The number of aliphatic hydroxyl groups is 6. The summed E-state index contributed by atoms with van der Waals surface area (Å²) in [6.45, 7) is 0.319. The van der Waals surface area contributed by atoms with Crippen LogP contribution in [0.25, 0.3) is 0 Å². The Balaban J connectivity index is 0. The van der Waals surface area contributed by atoms with Crippen molar-refractivity contribution in [3.63, 3.8) is 0 Å². The summed E-state index contributed by atoms with van der Waals surface area (Å²) in [5.41, 5.74) is 1.02. The highest BCUT2D eigenvalue weighted by molar-refractivity contribution is 5.65. The number of aliphatic hydroxyl groups excluding tert-OH is 6. The normalized spacial score (nSPS) is 9.61. The number of ether oxygens (including phenoxy) is 1. The summed E-state index contributed by atoms with van der Waals surface area (Å²) in [7, 11) is 0. The smallest absolute Gasteiger partial charge is 0.302 e. The van der Waals surface area contributed by atoms with E-state index in [1.165, 1.54) is 6.92 Å². The van der Waals surface area contributed by atoms with Gasteiger partial charge in [-0.25, -0.2) is 0 Å². The zero-order valence-corrected chi connectivity index (χ0v) is 13.1. The summed E-state index contributed by atoms with van der Waals surface area (Å²) in [4.78, 5) is 10.4. The van der Waals surface area contributed by atoms with Gasteiger partial charge in [0.2, 0.25) is 0 Å². The van der Waals surface area contributed by atoms with Crippen molar-refractivity contribution < 1.29 is 40.2 Å². The van der Waals surface area contributed by atoms with Crippen LogP contribution in [-0.4, -0.2) is 75.2 Å². The van der Waals surface area contributed by atoms with Crippen molar-refractivity contribution >= 4 is 5.97 Å². The summed E-state index contributed by atoms with van der Waals surface area (Å²) in [6, 6.07) is 9.60. The van der Waals surface area contributed by atoms with E-state index in [1.54, 1.807) is 0 Å². The topological polar surface area (TPSA) is 148 Å². The van der Waals surface area contributed by atoms with Crippen LogP contribution in [0.3, 0.4) is 0 Å². The van der Waals surface area contributed by atoms with E-state index < -0.39 is 12.2 Å². The molecule has 8 heteroatoms. The number of carbonyl (C=O) groups is 1. The average molecular weight is 334 g/mol. The number of carbonyl (C=O) groups excluding carboxylic acids is 1. The van der Waals surface area contributed by atoms with E-state index in [9.17, 15) is 4.79 Å². The van der Waals surface area contributed by atoms with Gasteiger partial charge in [0.1, 0.15) is 18.8 Å². The van der Waals surface area contributed by atoms with E-state index in [0.29, 0.717) is 6.61 Å². The fraction of sp³-hybridized carbons (Fsp3) is 0.533. The molecule has 0 aliphatic heterocycles. The first-order valence-corrected chi connectivity index (χ1v) is 6.88. The standard InChI is InChI=1S/C9H10O2.2C3H8O3/c1-8(10)11-7-9-5-3-2-4-6-9;2*4-1-3(6)2-5/h2-6H,7H2,1H3;2*3-6H,1-2H2. The molecule has 0 heterocycles. The molecule has 0 unspecified atom stereocenters. The zero-order chi connectivity index (χ0) is 18.1. The summed E-state index contributed by atoms with van der Waals surface area (Å²) >= 11 is 0. The van der Waals surface area contributed by atoms with E-state index in [2.05, 4.69) is 0 Å². The van der Waals surface area contributed by atoms with E-state index >= 15 is 0 Å². The molecule has 0 aliphatic carbocycles. The first kappa shape index (κ1) is 23.7. The van der Waals surface area contributed by atoms with E-state index in [1.807, 2.05) is 30.3 Å². The van der Waals surface area contributed by atoms with Crippen LogP contribution in [0.4, 0.5) is 0 Å². The molecule has 1 aromatic rings. The van der Waals surface area contributed by atoms with Crippen molar-refractivity contribution in [2.24, 2.45) is 0 Å². The van der Waals surface area contributed by atoms with Crippen LogP contribution in [0.2, 0.25) is 0 Å². The largest absolute Gasteiger partial charge is 0.461 e. The fourth-order valence-corrected chi connectivity index (χ4v) is 0.875. The molecule has 0 bridgehead atoms. The number of esters is 1. The van der Waals surface area contributed by atoms with E-state index in [4.69, 9.17) is 35.4 Å². The minimum atomic E-state index is -0.954. The zero-order valence-electron chi connectivity index (χ0n) is 13.1. The fourth-order valence-electron chi connectivity index (χ4n) is 0.875. The third kappa shape index (κ3) is 18.4. The molecule has 0 radical (unpaired) electrons. The Morgan fingerprint density at radius 3 is 1.57 bits per heavy atom. The monoisotopic (exact) mass is 334 g/mol. The Morgan fingerprint density at radius 2 is 1.30 bits per heavy atom. The van der Waals surface area contributed by atoms with Crippen molar-refractivity contribution in [2.45, 2.75) is 25.7 Å². The first-order valence-electron chi connectivity index (χ1n) is 6.88. The first-order chi connectivity index (χ1) is 10.9. The molecule has 8 nitrogen and oxygen atoms in total. The second-order valence-corrected chi connectivity index (χ2v) is 4.30. The molecule has 0 fully saturated rings. The van der Waals surface area contributed by atoms with Crippen LogP contribution in [0.15, 0.2) is 30.3 Å². The van der Waals surface area contributed by atoms with Gasteiger partial charge in [-0.2, -0.15) is 0 Å². The summed E-state index contributed by atoms with van der Waals surface area (Å²) in [5, 5.41) is 48.0. The van der Waals surface area contributed by atoms with Crippen molar-refractivity contribution in [1.29, 1.82) is 0 Å². The average Bonchev–Trinajstić information content (AvgIpc) is 2.60. The lowest BCUT2D eigenvalue weighted by Crippen LogP contribution is -2.15. The number of benzene rings is 1.